The van der Waals surface area contributed by atoms with Gasteiger partial charge in [-0.2, -0.15) is 5.10 Å². The van der Waals surface area contributed by atoms with Crippen molar-refractivity contribution in [2.24, 2.45) is 5.92 Å². The van der Waals surface area contributed by atoms with Crippen LogP contribution >= 0.6 is 20.8 Å². The van der Waals surface area contributed by atoms with Gasteiger partial charge >= 0.3 is 0 Å². The minimum Gasteiger partial charge on any atom is -0.348 e. The van der Waals surface area contributed by atoms with Gasteiger partial charge in [0.1, 0.15) is 0 Å². The maximum atomic E-state index is 6.49. The second-order valence-electron chi connectivity index (χ2n) is 7.07. The SMILES string of the molecule is Pc1cnc(N2CCN(c3n[nH]c4cccc(Cl)c34)C(C3CC3)C2)nc1. The molecule has 0 spiro atoms. The van der Waals surface area contributed by atoms with Crippen LogP contribution in [-0.2, 0) is 0 Å². The van der Waals surface area contributed by atoms with Gasteiger partial charge in [-0.1, -0.05) is 17.7 Å². The van der Waals surface area contributed by atoms with E-state index in [2.05, 4.69) is 39.2 Å². The second kappa shape index (κ2) is 6.36. The van der Waals surface area contributed by atoms with Crippen molar-refractivity contribution < 1.29 is 0 Å². The number of aromatic amines is 1. The van der Waals surface area contributed by atoms with Gasteiger partial charge in [0.25, 0.3) is 0 Å². The molecule has 1 saturated heterocycles. The Morgan fingerprint density at radius 1 is 1.15 bits per heavy atom. The van der Waals surface area contributed by atoms with Gasteiger partial charge < -0.3 is 9.80 Å². The molecule has 5 rings (SSSR count). The van der Waals surface area contributed by atoms with Gasteiger partial charge in [-0.15, -0.1) is 9.24 Å². The molecular weight excluding hydrogens is 367 g/mol. The van der Waals surface area contributed by atoms with Gasteiger partial charge in [-0.3, -0.25) is 5.10 Å². The molecule has 6 nitrogen and oxygen atoms in total. The Morgan fingerprint density at radius 3 is 2.73 bits per heavy atom. The molecule has 26 heavy (non-hydrogen) atoms. The zero-order valence-electron chi connectivity index (χ0n) is 14.3. The Morgan fingerprint density at radius 2 is 1.96 bits per heavy atom. The van der Waals surface area contributed by atoms with E-state index in [-0.39, 0.29) is 0 Å². The average molecular weight is 387 g/mol. The summed E-state index contributed by atoms with van der Waals surface area (Å²) in [6.07, 6.45) is 6.26. The molecule has 2 aliphatic rings. The maximum absolute atomic E-state index is 6.49. The zero-order valence-corrected chi connectivity index (χ0v) is 16.2. The quantitative estimate of drug-likeness (QED) is 0.701. The third-order valence-corrected chi connectivity index (χ3v) is 5.93. The highest BCUT2D eigenvalue weighted by atomic mass is 35.5. The number of nitrogens with zero attached hydrogens (tertiary/aromatic N) is 5. The van der Waals surface area contributed by atoms with Crippen LogP contribution in [0.15, 0.2) is 30.6 Å². The van der Waals surface area contributed by atoms with E-state index in [0.717, 1.165) is 52.6 Å². The molecule has 0 amide bonds. The average Bonchev–Trinajstić information content (AvgIpc) is 3.41. The van der Waals surface area contributed by atoms with E-state index in [4.69, 9.17) is 11.6 Å². The first kappa shape index (κ1) is 16.3. The normalized spacial score (nSPS) is 20.8. The van der Waals surface area contributed by atoms with Crippen molar-refractivity contribution in [3.63, 3.8) is 0 Å². The molecule has 2 atom stereocenters. The molecular formula is C18H20ClN6P. The highest BCUT2D eigenvalue weighted by Crippen LogP contribution is 2.41. The number of aromatic nitrogens is 4. The van der Waals surface area contributed by atoms with Crippen LogP contribution in [0.4, 0.5) is 11.8 Å². The molecule has 3 heterocycles. The minimum absolute atomic E-state index is 0.408. The van der Waals surface area contributed by atoms with Crippen LogP contribution < -0.4 is 15.1 Å². The predicted octanol–water partition coefficient (Wildman–Crippen LogP) is 2.61. The summed E-state index contributed by atoms with van der Waals surface area (Å²) in [6.45, 7) is 2.68. The number of fused-ring (bicyclic) bond motifs is 1. The van der Waals surface area contributed by atoms with Crippen molar-refractivity contribution in [1.82, 2.24) is 20.2 Å². The van der Waals surface area contributed by atoms with Gasteiger partial charge in [0.05, 0.1) is 22.0 Å². The first-order chi connectivity index (χ1) is 12.7. The van der Waals surface area contributed by atoms with Crippen LogP contribution in [0.1, 0.15) is 12.8 Å². The van der Waals surface area contributed by atoms with E-state index >= 15 is 0 Å². The first-order valence-corrected chi connectivity index (χ1v) is 9.88. The molecule has 0 radical (unpaired) electrons. The Labute approximate surface area is 159 Å². The number of rotatable bonds is 3. The van der Waals surface area contributed by atoms with Crippen molar-refractivity contribution in [2.75, 3.05) is 29.4 Å². The Hall–Kier alpha value is -1.91. The van der Waals surface area contributed by atoms with Crippen LogP contribution in [0, 0.1) is 5.92 Å². The largest absolute Gasteiger partial charge is 0.348 e. The molecule has 3 aromatic rings. The predicted molar refractivity (Wildman–Crippen MR) is 109 cm³/mol. The van der Waals surface area contributed by atoms with Crippen LogP contribution in [0.25, 0.3) is 10.9 Å². The lowest BCUT2D eigenvalue weighted by atomic mass is 10.1. The van der Waals surface area contributed by atoms with E-state index in [1.807, 2.05) is 30.6 Å². The monoisotopic (exact) mass is 386 g/mol. The molecule has 1 N–H and O–H groups in total. The third kappa shape index (κ3) is 2.81. The van der Waals surface area contributed by atoms with Crippen molar-refractivity contribution in [3.05, 3.63) is 35.6 Å². The molecule has 1 aliphatic heterocycles. The van der Waals surface area contributed by atoms with Crippen LogP contribution in [-0.4, -0.2) is 45.8 Å². The second-order valence-corrected chi connectivity index (χ2v) is 8.14. The number of halogens is 1. The molecule has 8 heteroatoms. The molecule has 2 aromatic heterocycles. The molecule has 1 saturated carbocycles. The Kier molecular flexibility index (Phi) is 3.98. The van der Waals surface area contributed by atoms with Gasteiger partial charge in [0, 0.05) is 37.3 Å². The lowest BCUT2D eigenvalue weighted by molar-refractivity contribution is 0.471. The standard InChI is InChI=1S/C18H20ClN6P/c19-13-2-1-3-14-16(13)17(23-22-14)25-7-6-24(10-15(25)11-4-5-11)18-20-8-12(26)9-21-18/h1-3,8-9,11,15H,4-7,10,26H2,(H,22,23). The fourth-order valence-electron chi connectivity index (χ4n) is 3.86. The summed E-state index contributed by atoms with van der Waals surface area (Å²) in [5.74, 6) is 2.49. The minimum atomic E-state index is 0.408. The fraction of sp³-hybridized carbons (Fsp3) is 0.389. The molecule has 1 aliphatic carbocycles. The van der Waals surface area contributed by atoms with E-state index in [0.29, 0.717) is 12.0 Å². The number of anilines is 2. The van der Waals surface area contributed by atoms with Crippen LogP contribution in [0.5, 0.6) is 0 Å². The molecule has 2 fully saturated rings. The van der Waals surface area contributed by atoms with Crippen molar-refractivity contribution in [1.29, 1.82) is 0 Å². The number of nitrogens with one attached hydrogen (secondary N) is 1. The van der Waals surface area contributed by atoms with E-state index < -0.39 is 0 Å². The molecule has 0 bridgehead atoms. The molecule has 2 unspecified atom stereocenters. The van der Waals surface area contributed by atoms with Gasteiger partial charge in [-0.05, 0) is 30.9 Å². The Bertz CT molecular complexity index is 939. The highest BCUT2D eigenvalue weighted by Gasteiger charge is 2.40. The summed E-state index contributed by atoms with van der Waals surface area (Å²) in [5, 5.41) is 10.5. The lowest BCUT2D eigenvalue weighted by Gasteiger charge is -2.42. The van der Waals surface area contributed by atoms with E-state index in [9.17, 15) is 0 Å². The number of H-pyrrole nitrogens is 1. The van der Waals surface area contributed by atoms with Gasteiger partial charge in [-0.25, -0.2) is 9.97 Å². The van der Waals surface area contributed by atoms with Gasteiger partial charge in [0.15, 0.2) is 5.82 Å². The first-order valence-electron chi connectivity index (χ1n) is 8.92. The summed E-state index contributed by atoms with van der Waals surface area (Å²) in [4.78, 5) is 13.7. The maximum Gasteiger partial charge on any atom is 0.225 e. The van der Waals surface area contributed by atoms with Crippen LogP contribution in [0.3, 0.4) is 0 Å². The smallest absolute Gasteiger partial charge is 0.225 e. The Balaban J connectivity index is 1.47. The summed E-state index contributed by atoms with van der Waals surface area (Å²) < 4.78 is 0. The number of hydrogen-bond acceptors (Lipinski definition) is 5. The van der Waals surface area contributed by atoms with Crippen LogP contribution in [0.2, 0.25) is 5.02 Å². The molecule has 134 valence electrons. The van der Waals surface area contributed by atoms with Crippen molar-refractivity contribution >= 4 is 48.8 Å². The summed E-state index contributed by atoms with van der Waals surface area (Å²) in [7, 11) is 2.63. The molecule has 1 aromatic carbocycles. The summed E-state index contributed by atoms with van der Waals surface area (Å²) >= 11 is 6.49. The number of hydrogen-bond donors (Lipinski definition) is 1. The summed E-state index contributed by atoms with van der Waals surface area (Å²) in [6, 6.07) is 6.32. The topological polar surface area (TPSA) is 60.9 Å². The third-order valence-electron chi connectivity index (χ3n) is 5.32. The fourth-order valence-corrected chi connectivity index (χ4v) is 4.26. The van der Waals surface area contributed by atoms with Gasteiger partial charge in [0.2, 0.25) is 5.95 Å². The number of benzene rings is 1. The van der Waals surface area contributed by atoms with E-state index in [1.54, 1.807) is 0 Å². The summed E-state index contributed by atoms with van der Waals surface area (Å²) in [5.41, 5.74) is 0.990. The zero-order chi connectivity index (χ0) is 17.7. The van der Waals surface area contributed by atoms with Crippen molar-refractivity contribution in [2.45, 2.75) is 18.9 Å². The number of piperazine rings is 1. The lowest BCUT2D eigenvalue weighted by Crippen LogP contribution is -2.55. The van der Waals surface area contributed by atoms with E-state index in [1.165, 1.54) is 12.8 Å². The van der Waals surface area contributed by atoms with Crippen molar-refractivity contribution in [3.8, 4) is 0 Å². The highest BCUT2D eigenvalue weighted by molar-refractivity contribution is 7.27.